The fourth-order valence-corrected chi connectivity index (χ4v) is 3.96. The maximum Gasteiger partial charge on any atom is 0.185 e. The topological polar surface area (TPSA) is 36.4 Å². The molecule has 3 rings (SSSR count). The SMILES string of the molecule is CC(C)(C)C1CCN(c2nc(C3CC3)c(CO)s2)C1. The molecule has 1 aliphatic carbocycles. The minimum atomic E-state index is 0.153. The van der Waals surface area contributed by atoms with Gasteiger partial charge in [-0.05, 0) is 30.6 Å². The molecule has 2 heterocycles. The molecule has 0 amide bonds. The van der Waals surface area contributed by atoms with Gasteiger partial charge in [0.1, 0.15) is 0 Å². The summed E-state index contributed by atoms with van der Waals surface area (Å²) in [6, 6.07) is 0. The molecule has 1 saturated carbocycles. The molecule has 1 aromatic rings. The maximum absolute atomic E-state index is 9.48. The summed E-state index contributed by atoms with van der Waals surface area (Å²) in [6.45, 7) is 9.38. The van der Waals surface area contributed by atoms with Crippen molar-refractivity contribution in [3.05, 3.63) is 10.6 Å². The Morgan fingerprint density at radius 3 is 2.58 bits per heavy atom. The predicted octanol–water partition coefficient (Wildman–Crippen LogP) is 3.39. The lowest BCUT2D eigenvalue weighted by Gasteiger charge is -2.26. The van der Waals surface area contributed by atoms with Gasteiger partial charge in [-0.2, -0.15) is 0 Å². The van der Waals surface area contributed by atoms with Crippen molar-refractivity contribution in [3.8, 4) is 0 Å². The number of aliphatic hydroxyl groups excluding tert-OH is 1. The lowest BCUT2D eigenvalue weighted by molar-refractivity contribution is 0.263. The molecule has 1 N–H and O–H groups in total. The van der Waals surface area contributed by atoms with Gasteiger partial charge in [0.25, 0.3) is 0 Å². The second-order valence-corrected chi connectivity index (χ2v) is 8.10. The monoisotopic (exact) mass is 280 g/mol. The first kappa shape index (κ1) is 13.4. The van der Waals surface area contributed by atoms with Gasteiger partial charge >= 0.3 is 0 Å². The normalized spacial score (nSPS) is 24.2. The van der Waals surface area contributed by atoms with Gasteiger partial charge in [-0.15, -0.1) is 0 Å². The minimum Gasteiger partial charge on any atom is -0.391 e. The molecular weight excluding hydrogens is 256 g/mol. The third-order valence-electron chi connectivity index (χ3n) is 4.51. The molecule has 0 spiro atoms. The number of thiazole rings is 1. The third-order valence-corrected chi connectivity index (χ3v) is 5.62. The summed E-state index contributed by atoms with van der Waals surface area (Å²) < 4.78 is 0. The highest BCUT2D eigenvalue weighted by molar-refractivity contribution is 7.15. The van der Waals surface area contributed by atoms with E-state index in [9.17, 15) is 5.11 Å². The average molecular weight is 280 g/mol. The van der Waals surface area contributed by atoms with E-state index in [2.05, 4.69) is 25.7 Å². The fourth-order valence-electron chi connectivity index (χ4n) is 2.92. The van der Waals surface area contributed by atoms with E-state index in [-0.39, 0.29) is 6.61 Å². The van der Waals surface area contributed by atoms with E-state index in [1.165, 1.54) is 25.0 Å². The van der Waals surface area contributed by atoms with E-state index in [1.807, 2.05) is 0 Å². The highest BCUT2D eigenvalue weighted by Crippen LogP contribution is 2.45. The molecule has 3 nitrogen and oxygen atoms in total. The van der Waals surface area contributed by atoms with Crippen molar-refractivity contribution < 1.29 is 5.11 Å². The minimum absolute atomic E-state index is 0.153. The summed E-state index contributed by atoms with van der Waals surface area (Å²) >= 11 is 1.70. The fraction of sp³-hybridized carbons (Fsp3) is 0.800. The first-order valence-electron chi connectivity index (χ1n) is 7.34. The predicted molar refractivity (Wildman–Crippen MR) is 79.8 cm³/mol. The van der Waals surface area contributed by atoms with Gasteiger partial charge in [-0.3, -0.25) is 0 Å². The van der Waals surface area contributed by atoms with E-state index >= 15 is 0 Å². The van der Waals surface area contributed by atoms with Crippen LogP contribution in [0.5, 0.6) is 0 Å². The van der Waals surface area contributed by atoms with Crippen molar-refractivity contribution in [2.45, 2.75) is 52.6 Å². The Labute approximate surface area is 119 Å². The number of hydrogen-bond acceptors (Lipinski definition) is 4. The van der Waals surface area contributed by atoms with Crippen LogP contribution in [0.1, 0.15) is 56.5 Å². The van der Waals surface area contributed by atoms with E-state index in [4.69, 9.17) is 4.98 Å². The van der Waals surface area contributed by atoms with Crippen molar-refractivity contribution in [1.29, 1.82) is 0 Å². The first-order valence-corrected chi connectivity index (χ1v) is 8.16. The molecule has 19 heavy (non-hydrogen) atoms. The zero-order valence-electron chi connectivity index (χ0n) is 12.1. The van der Waals surface area contributed by atoms with Gasteiger partial charge in [0.15, 0.2) is 5.13 Å². The lowest BCUT2D eigenvalue weighted by atomic mass is 9.80. The van der Waals surface area contributed by atoms with Crippen LogP contribution in [-0.4, -0.2) is 23.2 Å². The molecule has 1 atom stereocenters. The summed E-state index contributed by atoms with van der Waals surface area (Å²) in [6.07, 6.45) is 3.76. The number of aliphatic hydroxyl groups is 1. The van der Waals surface area contributed by atoms with Crippen LogP contribution in [0.4, 0.5) is 5.13 Å². The second kappa shape index (κ2) is 4.74. The molecular formula is C15H24N2OS. The van der Waals surface area contributed by atoms with Crippen LogP contribution in [0, 0.1) is 11.3 Å². The molecule has 2 fully saturated rings. The van der Waals surface area contributed by atoms with Crippen LogP contribution in [0.15, 0.2) is 0 Å². The molecule has 1 unspecified atom stereocenters. The molecule has 0 radical (unpaired) electrons. The van der Waals surface area contributed by atoms with Gasteiger partial charge in [0.2, 0.25) is 0 Å². The first-order chi connectivity index (χ1) is 8.99. The Balaban J connectivity index is 1.76. The highest BCUT2D eigenvalue weighted by Gasteiger charge is 2.35. The van der Waals surface area contributed by atoms with Gasteiger partial charge in [0.05, 0.1) is 17.2 Å². The van der Waals surface area contributed by atoms with Gasteiger partial charge in [-0.25, -0.2) is 4.98 Å². The largest absolute Gasteiger partial charge is 0.391 e. The molecule has 106 valence electrons. The quantitative estimate of drug-likeness (QED) is 0.922. The Hall–Kier alpha value is -0.610. The molecule has 0 aromatic carbocycles. The van der Waals surface area contributed by atoms with Crippen LogP contribution in [-0.2, 0) is 6.61 Å². The third kappa shape index (κ3) is 2.65. The van der Waals surface area contributed by atoms with E-state index in [1.54, 1.807) is 11.3 Å². The zero-order valence-corrected chi connectivity index (χ0v) is 13.0. The summed E-state index contributed by atoms with van der Waals surface area (Å²) in [4.78, 5) is 8.34. The lowest BCUT2D eigenvalue weighted by Crippen LogP contribution is -2.25. The summed E-state index contributed by atoms with van der Waals surface area (Å²) in [5.41, 5.74) is 1.56. The smallest absolute Gasteiger partial charge is 0.185 e. The van der Waals surface area contributed by atoms with Crippen molar-refractivity contribution in [2.24, 2.45) is 11.3 Å². The number of anilines is 1. The second-order valence-electron chi connectivity index (χ2n) is 7.03. The van der Waals surface area contributed by atoms with Crippen LogP contribution in [0.25, 0.3) is 0 Å². The Morgan fingerprint density at radius 2 is 2.05 bits per heavy atom. The highest BCUT2D eigenvalue weighted by atomic mass is 32.1. The van der Waals surface area contributed by atoms with Gasteiger partial charge in [-0.1, -0.05) is 32.1 Å². The maximum atomic E-state index is 9.48. The molecule has 0 bridgehead atoms. The molecule has 2 aliphatic rings. The standard InChI is InChI=1S/C15H24N2OS/c1-15(2,3)11-6-7-17(8-11)14-16-13(10-4-5-10)12(9-18)19-14/h10-11,18H,4-9H2,1-3H3. The zero-order chi connectivity index (χ0) is 13.6. The number of rotatable bonds is 3. The summed E-state index contributed by atoms with van der Waals surface area (Å²) in [5.74, 6) is 1.38. The average Bonchev–Trinajstić information content (AvgIpc) is 2.92. The van der Waals surface area contributed by atoms with Gasteiger partial charge in [0, 0.05) is 19.0 Å². The number of nitrogens with zero attached hydrogens (tertiary/aromatic N) is 2. The Kier molecular flexibility index (Phi) is 3.34. The van der Waals surface area contributed by atoms with E-state index in [0.29, 0.717) is 11.3 Å². The van der Waals surface area contributed by atoms with E-state index < -0.39 is 0 Å². The molecule has 1 saturated heterocycles. The molecule has 4 heteroatoms. The van der Waals surface area contributed by atoms with Crippen LogP contribution < -0.4 is 4.90 Å². The Morgan fingerprint density at radius 1 is 1.32 bits per heavy atom. The van der Waals surface area contributed by atoms with Crippen molar-refractivity contribution in [1.82, 2.24) is 4.98 Å². The van der Waals surface area contributed by atoms with Crippen LogP contribution in [0.2, 0.25) is 0 Å². The summed E-state index contributed by atoms with van der Waals surface area (Å²) in [5, 5.41) is 10.6. The van der Waals surface area contributed by atoms with Crippen LogP contribution >= 0.6 is 11.3 Å². The summed E-state index contributed by atoms with van der Waals surface area (Å²) in [7, 11) is 0. The number of hydrogen-bond donors (Lipinski definition) is 1. The number of aromatic nitrogens is 1. The van der Waals surface area contributed by atoms with Crippen LogP contribution in [0.3, 0.4) is 0 Å². The van der Waals surface area contributed by atoms with Crippen molar-refractivity contribution in [3.63, 3.8) is 0 Å². The molecule has 1 aromatic heterocycles. The molecule has 1 aliphatic heterocycles. The van der Waals surface area contributed by atoms with Gasteiger partial charge < -0.3 is 10.0 Å². The van der Waals surface area contributed by atoms with Crippen molar-refractivity contribution in [2.75, 3.05) is 18.0 Å². The Bertz CT molecular complexity index is 459. The van der Waals surface area contributed by atoms with Crippen molar-refractivity contribution >= 4 is 16.5 Å². The van der Waals surface area contributed by atoms with E-state index in [0.717, 1.165) is 29.0 Å².